The minimum Gasteiger partial charge on any atom is -0.293 e. The van der Waals surface area contributed by atoms with E-state index in [4.69, 9.17) is 0 Å². The van der Waals surface area contributed by atoms with Crippen molar-refractivity contribution in [2.24, 2.45) is 22.2 Å². The number of allylic oxidation sites excluding steroid dienone is 6. The maximum absolute atomic E-state index is 12.6. The average Bonchev–Trinajstić information content (AvgIpc) is 2.45. The van der Waals surface area contributed by atoms with Crippen LogP contribution in [-0.2, 0) is 9.59 Å². The molecule has 0 amide bonds. The van der Waals surface area contributed by atoms with E-state index in [1.165, 1.54) is 0 Å². The number of hydrogen-bond acceptors (Lipinski definition) is 3. The molecule has 1 unspecified atom stereocenters. The van der Waals surface area contributed by atoms with Gasteiger partial charge in [-0.1, -0.05) is 39.8 Å². The number of carbonyl (C=O) groups excluding carboxylic acids is 2. The Kier molecular flexibility index (Phi) is 2.92. The highest BCUT2D eigenvalue weighted by atomic mass is 16.1. The van der Waals surface area contributed by atoms with E-state index in [-0.39, 0.29) is 28.5 Å². The van der Waals surface area contributed by atoms with Crippen molar-refractivity contribution in [3.63, 3.8) is 0 Å². The summed E-state index contributed by atoms with van der Waals surface area (Å²) in [6, 6.07) is 2.07. The van der Waals surface area contributed by atoms with Crippen LogP contribution in [0.25, 0.3) is 0 Å². The second-order valence-corrected chi connectivity index (χ2v) is 7.81. The molecule has 3 aliphatic rings. The molecule has 3 atom stereocenters. The summed E-state index contributed by atoms with van der Waals surface area (Å²) in [5.41, 5.74) is 0.122. The molecule has 0 N–H and O–H groups in total. The lowest BCUT2D eigenvalue weighted by molar-refractivity contribution is -0.130. The van der Waals surface area contributed by atoms with Crippen LogP contribution in [0.2, 0.25) is 0 Å². The van der Waals surface area contributed by atoms with Gasteiger partial charge in [-0.15, -0.1) is 0 Å². The van der Waals surface area contributed by atoms with E-state index < -0.39 is 10.8 Å². The Balaban J connectivity index is 2.26. The van der Waals surface area contributed by atoms with Crippen LogP contribution in [0.5, 0.6) is 0 Å². The number of nitriles is 1. The van der Waals surface area contributed by atoms with Gasteiger partial charge < -0.3 is 0 Å². The van der Waals surface area contributed by atoms with Crippen LogP contribution in [0.3, 0.4) is 0 Å². The second-order valence-electron chi connectivity index (χ2n) is 7.81. The summed E-state index contributed by atoms with van der Waals surface area (Å²) in [4.78, 5) is 24.5. The van der Waals surface area contributed by atoms with E-state index in [0.29, 0.717) is 0 Å². The summed E-state index contributed by atoms with van der Waals surface area (Å²) in [5.74, 6) is 0.0403. The summed E-state index contributed by atoms with van der Waals surface area (Å²) in [6.45, 7) is 8.10. The Hall–Kier alpha value is -1.95. The van der Waals surface area contributed by atoms with Gasteiger partial charge >= 0.3 is 0 Å². The third-order valence-corrected chi connectivity index (χ3v) is 6.04. The molecule has 3 aliphatic carbocycles. The van der Waals surface area contributed by atoms with Gasteiger partial charge in [0, 0.05) is 16.2 Å². The number of nitrogens with zero attached hydrogens (tertiary/aromatic N) is 1. The Bertz CT molecular complexity index is 716. The SMILES string of the molecule is CC12C=CC(=O)C=C1[C@]1(C)C=C(C#N)C(=O)C(C)(C)[C@H]1CC2. The second kappa shape index (κ2) is 4.29. The predicted octanol–water partition coefficient (Wildman–Crippen LogP) is 3.53. The van der Waals surface area contributed by atoms with Gasteiger partial charge in [0.05, 0.1) is 5.57 Å². The first-order chi connectivity index (χ1) is 10.1. The zero-order valence-electron chi connectivity index (χ0n) is 13.6. The van der Waals surface area contributed by atoms with Gasteiger partial charge in [-0.2, -0.15) is 5.26 Å². The van der Waals surface area contributed by atoms with Crippen molar-refractivity contribution in [1.29, 1.82) is 5.26 Å². The fourth-order valence-electron chi connectivity index (χ4n) is 4.87. The van der Waals surface area contributed by atoms with Crippen molar-refractivity contribution >= 4 is 11.6 Å². The highest BCUT2D eigenvalue weighted by Crippen LogP contribution is 2.62. The summed E-state index contributed by atoms with van der Waals surface area (Å²) in [6.07, 6.45) is 9.02. The fourth-order valence-corrected chi connectivity index (χ4v) is 4.87. The molecule has 3 rings (SSSR count). The van der Waals surface area contributed by atoms with Crippen molar-refractivity contribution in [2.45, 2.75) is 40.5 Å². The average molecular weight is 295 g/mol. The van der Waals surface area contributed by atoms with E-state index in [1.807, 2.05) is 26.0 Å². The standard InChI is InChI=1S/C19H21NO2/c1-17(2)14-6-8-18(3)7-5-13(21)9-15(18)19(14,4)10-12(11-20)16(17)22/h5,7,9-10,14H,6,8H2,1-4H3/t14-,18?,19-/m1/s1. The van der Waals surface area contributed by atoms with E-state index in [2.05, 4.69) is 19.9 Å². The third kappa shape index (κ3) is 1.73. The van der Waals surface area contributed by atoms with Crippen molar-refractivity contribution in [3.8, 4) is 6.07 Å². The first kappa shape index (κ1) is 15.0. The minimum atomic E-state index is -0.582. The van der Waals surface area contributed by atoms with E-state index in [0.717, 1.165) is 18.4 Å². The van der Waals surface area contributed by atoms with Crippen LogP contribution in [0, 0.1) is 33.5 Å². The molecule has 0 aromatic heterocycles. The number of Topliss-reactive ketones (excluding diaryl/α,β-unsaturated/α-hetero) is 1. The topological polar surface area (TPSA) is 57.9 Å². The van der Waals surface area contributed by atoms with E-state index in [1.54, 1.807) is 12.2 Å². The van der Waals surface area contributed by atoms with Gasteiger partial charge in [-0.05, 0) is 36.5 Å². The zero-order chi connectivity index (χ0) is 16.3. The van der Waals surface area contributed by atoms with E-state index >= 15 is 0 Å². The molecule has 0 aromatic rings. The Labute approximate surface area is 131 Å². The molecule has 114 valence electrons. The number of carbonyl (C=O) groups is 2. The first-order valence-electron chi connectivity index (χ1n) is 7.79. The quantitative estimate of drug-likeness (QED) is 0.687. The van der Waals surface area contributed by atoms with Crippen LogP contribution in [0.4, 0.5) is 0 Å². The number of rotatable bonds is 0. The van der Waals surface area contributed by atoms with Crippen molar-refractivity contribution < 1.29 is 9.59 Å². The zero-order valence-corrected chi connectivity index (χ0v) is 13.6. The molecule has 3 heteroatoms. The maximum Gasteiger partial charge on any atom is 0.178 e. The number of hydrogen-bond donors (Lipinski definition) is 0. The monoisotopic (exact) mass is 295 g/mol. The van der Waals surface area contributed by atoms with Crippen LogP contribution < -0.4 is 0 Å². The third-order valence-electron chi connectivity index (χ3n) is 6.04. The van der Waals surface area contributed by atoms with Gasteiger partial charge in [-0.25, -0.2) is 0 Å². The molecule has 1 saturated carbocycles. The number of fused-ring (bicyclic) bond motifs is 3. The van der Waals surface area contributed by atoms with Crippen molar-refractivity contribution in [1.82, 2.24) is 0 Å². The summed E-state index contributed by atoms with van der Waals surface area (Å²) in [7, 11) is 0. The molecule has 22 heavy (non-hydrogen) atoms. The van der Waals surface area contributed by atoms with Crippen LogP contribution in [-0.4, -0.2) is 11.6 Å². The molecule has 0 heterocycles. The van der Waals surface area contributed by atoms with Crippen LogP contribution in [0.15, 0.2) is 35.5 Å². The lowest BCUT2D eigenvalue weighted by Gasteiger charge is -2.56. The van der Waals surface area contributed by atoms with Gasteiger partial charge in [-0.3, -0.25) is 9.59 Å². The van der Waals surface area contributed by atoms with Crippen LogP contribution in [0.1, 0.15) is 40.5 Å². The van der Waals surface area contributed by atoms with Crippen LogP contribution >= 0.6 is 0 Å². The lowest BCUT2D eigenvalue weighted by atomic mass is 9.46. The van der Waals surface area contributed by atoms with Gasteiger partial charge in [0.15, 0.2) is 11.6 Å². The van der Waals surface area contributed by atoms with Gasteiger partial charge in [0.25, 0.3) is 0 Å². The number of ketones is 2. The molecule has 3 nitrogen and oxygen atoms in total. The highest BCUT2D eigenvalue weighted by molar-refractivity contribution is 6.05. The van der Waals surface area contributed by atoms with Gasteiger partial charge in [0.2, 0.25) is 0 Å². The summed E-state index contributed by atoms with van der Waals surface area (Å²) in [5, 5.41) is 9.37. The Morgan fingerprint density at radius 3 is 2.55 bits per heavy atom. The van der Waals surface area contributed by atoms with Crippen molar-refractivity contribution in [2.75, 3.05) is 0 Å². The highest BCUT2D eigenvalue weighted by Gasteiger charge is 2.58. The maximum atomic E-state index is 12.6. The summed E-state index contributed by atoms with van der Waals surface area (Å²) < 4.78 is 0. The lowest BCUT2D eigenvalue weighted by Crippen LogP contribution is -2.52. The molecular weight excluding hydrogens is 274 g/mol. The van der Waals surface area contributed by atoms with Crippen molar-refractivity contribution in [3.05, 3.63) is 35.5 Å². The molecule has 0 saturated heterocycles. The molecule has 0 bridgehead atoms. The smallest absolute Gasteiger partial charge is 0.178 e. The summed E-state index contributed by atoms with van der Waals surface area (Å²) >= 11 is 0. The van der Waals surface area contributed by atoms with E-state index in [9.17, 15) is 14.9 Å². The van der Waals surface area contributed by atoms with Gasteiger partial charge in [0.1, 0.15) is 6.07 Å². The molecular formula is C19H21NO2. The molecule has 1 fully saturated rings. The first-order valence-corrected chi connectivity index (χ1v) is 7.79. The normalized spacial score (nSPS) is 39.3. The molecule has 0 aromatic carbocycles. The molecule has 0 spiro atoms. The molecule has 0 radical (unpaired) electrons. The largest absolute Gasteiger partial charge is 0.293 e. The predicted molar refractivity (Wildman–Crippen MR) is 83.7 cm³/mol. The molecule has 0 aliphatic heterocycles. The minimum absolute atomic E-state index is 0.00374. The Morgan fingerprint density at radius 2 is 1.91 bits per heavy atom. The fraction of sp³-hybridized carbons (Fsp3) is 0.526. The Morgan fingerprint density at radius 1 is 1.23 bits per heavy atom.